The highest BCUT2D eigenvalue weighted by Crippen LogP contribution is 2.38. The second kappa shape index (κ2) is 7.97. The first kappa shape index (κ1) is 20.1. The van der Waals surface area contributed by atoms with Gasteiger partial charge < -0.3 is 14.9 Å². The number of nitrogens with zero attached hydrogens (tertiary/aromatic N) is 2. The summed E-state index contributed by atoms with van der Waals surface area (Å²) in [5.41, 5.74) is 1.19. The number of carboxylic acids is 1. The van der Waals surface area contributed by atoms with E-state index in [1.165, 1.54) is 0 Å². The normalized spacial score (nSPS) is 20.3. The smallest absolute Gasteiger partial charge is 0.394 e. The number of carbonyl (C=O) groups is 2. The van der Waals surface area contributed by atoms with Crippen LogP contribution in [0.25, 0.3) is 0 Å². The van der Waals surface area contributed by atoms with Crippen LogP contribution in [0.3, 0.4) is 0 Å². The maximum Gasteiger partial charge on any atom is 0.394 e. The predicted octanol–water partition coefficient (Wildman–Crippen LogP) is 3.26. The van der Waals surface area contributed by atoms with Gasteiger partial charge >= 0.3 is 12.1 Å². The average molecular weight is 372 g/mol. The van der Waals surface area contributed by atoms with Crippen molar-refractivity contribution in [3.8, 4) is 0 Å². The Morgan fingerprint density at radius 3 is 2.23 bits per heavy atom. The highest BCUT2D eigenvalue weighted by Gasteiger charge is 2.53. The molecular formula is C18H23F3N2O3. The van der Waals surface area contributed by atoms with Gasteiger partial charge in [0.25, 0.3) is 5.91 Å². The number of carbonyl (C=O) groups excluding carboxylic acids is 1. The fraction of sp³-hybridized carbons (Fsp3) is 0.556. The Kier molecular flexibility index (Phi) is 6.15. The Bertz CT molecular complexity index is 646. The minimum atomic E-state index is -4.65. The van der Waals surface area contributed by atoms with Crippen LogP contribution in [0.1, 0.15) is 30.6 Å². The quantitative estimate of drug-likeness (QED) is 0.833. The Morgan fingerprint density at radius 1 is 1.19 bits per heavy atom. The number of likely N-dealkylation sites (tertiary alicyclic amines) is 1. The summed E-state index contributed by atoms with van der Waals surface area (Å²) in [6.07, 6.45) is -3.68. The van der Waals surface area contributed by atoms with Gasteiger partial charge in [-0.1, -0.05) is 6.92 Å². The number of halogens is 3. The van der Waals surface area contributed by atoms with Gasteiger partial charge in [-0.2, -0.15) is 13.2 Å². The summed E-state index contributed by atoms with van der Waals surface area (Å²) in [4.78, 5) is 26.8. The van der Waals surface area contributed by atoms with Crippen molar-refractivity contribution < 1.29 is 27.9 Å². The van der Waals surface area contributed by atoms with Gasteiger partial charge in [-0.15, -0.1) is 0 Å². The Labute approximate surface area is 150 Å². The molecule has 0 unspecified atom stereocenters. The number of alkyl halides is 3. The van der Waals surface area contributed by atoms with Crippen LogP contribution in [0, 0.1) is 11.8 Å². The first-order chi connectivity index (χ1) is 12.2. The summed E-state index contributed by atoms with van der Waals surface area (Å²) in [7, 11) is 0. The molecule has 0 bridgehead atoms. The van der Waals surface area contributed by atoms with Gasteiger partial charge in [0.15, 0.2) is 0 Å². The fourth-order valence-corrected chi connectivity index (χ4v) is 3.29. The molecule has 2 rings (SSSR count). The van der Waals surface area contributed by atoms with Crippen LogP contribution in [0.15, 0.2) is 24.3 Å². The van der Waals surface area contributed by atoms with E-state index in [9.17, 15) is 22.8 Å². The number of amides is 1. The number of carboxylic acid groups (broad SMARTS) is 1. The molecule has 1 fully saturated rings. The molecule has 0 radical (unpaired) electrons. The summed E-state index contributed by atoms with van der Waals surface area (Å²) >= 11 is 0. The van der Waals surface area contributed by atoms with Crippen molar-refractivity contribution in [2.45, 2.75) is 26.4 Å². The minimum Gasteiger partial charge on any atom is -0.481 e. The van der Waals surface area contributed by atoms with Gasteiger partial charge in [-0.3, -0.25) is 9.59 Å². The fourth-order valence-electron chi connectivity index (χ4n) is 3.29. The van der Waals surface area contributed by atoms with Crippen LogP contribution < -0.4 is 4.90 Å². The number of aliphatic carboxylic acids is 1. The Morgan fingerprint density at radius 2 is 1.81 bits per heavy atom. The van der Waals surface area contributed by atoms with Crippen molar-refractivity contribution in [1.29, 1.82) is 0 Å². The topological polar surface area (TPSA) is 60.9 Å². The van der Waals surface area contributed by atoms with E-state index < -0.39 is 43.0 Å². The van der Waals surface area contributed by atoms with Crippen molar-refractivity contribution in [3.63, 3.8) is 0 Å². The van der Waals surface area contributed by atoms with Crippen molar-refractivity contribution >= 4 is 17.6 Å². The van der Waals surface area contributed by atoms with E-state index in [4.69, 9.17) is 5.11 Å². The van der Waals surface area contributed by atoms with Gasteiger partial charge in [-0.05, 0) is 37.6 Å². The van der Waals surface area contributed by atoms with Crippen molar-refractivity contribution in [2.24, 2.45) is 11.8 Å². The third-order valence-electron chi connectivity index (χ3n) is 4.70. The van der Waals surface area contributed by atoms with E-state index in [2.05, 4.69) is 11.8 Å². The molecule has 0 spiro atoms. The number of hydrogen-bond acceptors (Lipinski definition) is 3. The molecule has 0 aliphatic carbocycles. The maximum absolute atomic E-state index is 13.1. The van der Waals surface area contributed by atoms with Gasteiger partial charge in [0.1, 0.15) is 0 Å². The SMILES string of the molecule is CCCN(CC)c1ccc(C(=O)N2C[C@@H](C(F)(F)F)[C@H](C(=O)O)C2)cc1. The summed E-state index contributed by atoms with van der Waals surface area (Å²) in [6.45, 7) is 4.69. The molecule has 1 aliphatic rings. The lowest BCUT2D eigenvalue weighted by Crippen LogP contribution is -2.34. The monoisotopic (exact) mass is 372 g/mol. The van der Waals surface area contributed by atoms with Gasteiger partial charge in [-0.25, -0.2) is 0 Å². The molecule has 1 N–H and O–H groups in total. The molecule has 26 heavy (non-hydrogen) atoms. The van der Waals surface area contributed by atoms with E-state index in [0.29, 0.717) is 0 Å². The molecule has 1 aromatic carbocycles. The summed E-state index contributed by atoms with van der Waals surface area (Å²) in [5, 5.41) is 9.05. The summed E-state index contributed by atoms with van der Waals surface area (Å²) in [6, 6.07) is 6.68. The van der Waals surface area contributed by atoms with Gasteiger partial charge in [0.05, 0.1) is 11.8 Å². The number of benzene rings is 1. The number of hydrogen-bond donors (Lipinski definition) is 1. The average Bonchev–Trinajstić information content (AvgIpc) is 3.05. The van der Waals surface area contributed by atoms with Crippen LogP contribution in [-0.4, -0.2) is 54.2 Å². The van der Waals surface area contributed by atoms with Gasteiger partial charge in [0.2, 0.25) is 0 Å². The highest BCUT2D eigenvalue weighted by atomic mass is 19.4. The zero-order valence-corrected chi connectivity index (χ0v) is 14.8. The lowest BCUT2D eigenvalue weighted by Gasteiger charge is -2.23. The molecule has 144 valence electrons. The maximum atomic E-state index is 13.1. The Hall–Kier alpha value is -2.25. The molecule has 1 aliphatic heterocycles. The lowest BCUT2D eigenvalue weighted by atomic mass is 9.96. The lowest BCUT2D eigenvalue weighted by molar-refractivity contribution is -0.187. The zero-order chi connectivity index (χ0) is 19.5. The summed E-state index contributed by atoms with van der Waals surface area (Å²) in [5.74, 6) is -5.77. The molecule has 0 saturated carbocycles. The summed E-state index contributed by atoms with van der Waals surface area (Å²) < 4.78 is 39.2. The van der Waals surface area contributed by atoms with Crippen LogP contribution in [0.5, 0.6) is 0 Å². The van der Waals surface area contributed by atoms with Crippen LogP contribution >= 0.6 is 0 Å². The van der Waals surface area contributed by atoms with E-state index in [-0.39, 0.29) is 5.56 Å². The third kappa shape index (κ3) is 4.28. The van der Waals surface area contributed by atoms with Crippen molar-refractivity contribution in [3.05, 3.63) is 29.8 Å². The predicted molar refractivity (Wildman–Crippen MR) is 91.2 cm³/mol. The van der Waals surface area contributed by atoms with E-state index in [1.54, 1.807) is 24.3 Å². The van der Waals surface area contributed by atoms with Crippen LogP contribution in [0.4, 0.5) is 18.9 Å². The second-order valence-corrected chi connectivity index (χ2v) is 6.43. The zero-order valence-electron chi connectivity index (χ0n) is 14.8. The molecule has 1 aromatic rings. The number of rotatable bonds is 6. The second-order valence-electron chi connectivity index (χ2n) is 6.43. The molecule has 2 atom stereocenters. The van der Waals surface area contributed by atoms with E-state index >= 15 is 0 Å². The minimum absolute atomic E-state index is 0.258. The van der Waals surface area contributed by atoms with E-state index in [0.717, 1.165) is 30.1 Å². The van der Waals surface area contributed by atoms with Gasteiger partial charge in [0, 0.05) is 37.4 Å². The molecular weight excluding hydrogens is 349 g/mol. The first-order valence-electron chi connectivity index (χ1n) is 8.62. The first-order valence-corrected chi connectivity index (χ1v) is 8.62. The van der Waals surface area contributed by atoms with Crippen LogP contribution in [0.2, 0.25) is 0 Å². The Balaban J connectivity index is 2.15. The molecule has 5 nitrogen and oxygen atoms in total. The third-order valence-corrected chi connectivity index (χ3v) is 4.70. The van der Waals surface area contributed by atoms with Crippen molar-refractivity contribution in [1.82, 2.24) is 4.90 Å². The van der Waals surface area contributed by atoms with Crippen LogP contribution in [-0.2, 0) is 4.79 Å². The molecule has 0 aromatic heterocycles. The molecule has 1 saturated heterocycles. The standard InChI is InChI=1S/C18H23F3N2O3/c1-3-9-22(4-2)13-7-5-12(6-8-13)16(24)23-10-14(17(25)26)15(11-23)18(19,20)21/h5-8,14-15H,3-4,9-11H2,1-2H3,(H,25,26)/t14-,15-/m1/s1. The van der Waals surface area contributed by atoms with Crippen molar-refractivity contribution in [2.75, 3.05) is 31.1 Å². The molecule has 8 heteroatoms. The molecule has 1 heterocycles. The largest absolute Gasteiger partial charge is 0.481 e. The highest BCUT2D eigenvalue weighted by molar-refractivity contribution is 5.95. The molecule has 1 amide bonds. The number of anilines is 1. The van der Waals surface area contributed by atoms with E-state index in [1.807, 2.05) is 6.92 Å².